The number of aldehydes is 1. The van der Waals surface area contributed by atoms with E-state index >= 15 is 0 Å². The Morgan fingerprint density at radius 2 is 2.11 bits per heavy atom. The third-order valence-electron chi connectivity index (χ3n) is 3.38. The number of hydrogen-bond donors (Lipinski definition) is 0. The minimum absolute atomic E-state index is 0.0632. The fourth-order valence-electron chi connectivity index (χ4n) is 2.34. The highest BCUT2D eigenvalue weighted by molar-refractivity contribution is 6.09. The van der Waals surface area contributed by atoms with Gasteiger partial charge in [0, 0.05) is 19.1 Å². The molecule has 1 aliphatic rings. The quantitative estimate of drug-likeness (QED) is 0.614. The van der Waals surface area contributed by atoms with E-state index in [9.17, 15) is 9.59 Å². The Hall–Kier alpha value is -2.00. The molecule has 0 N–H and O–H groups in total. The first-order valence-corrected chi connectivity index (χ1v) is 6.12. The van der Waals surface area contributed by atoms with Crippen LogP contribution in [0.15, 0.2) is 42.0 Å². The summed E-state index contributed by atoms with van der Waals surface area (Å²) in [5.74, 6) is -0.0632. The third kappa shape index (κ3) is 2.42. The summed E-state index contributed by atoms with van der Waals surface area (Å²) in [7, 11) is 1.52. The highest BCUT2D eigenvalue weighted by atomic mass is 16.5. The van der Waals surface area contributed by atoms with Gasteiger partial charge in [0.15, 0.2) is 11.4 Å². The van der Waals surface area contributed by atoms with Crippen LogP contribution in [0.1, 0.15) is 29.3 Å². The van der Waals surface area contributed by atoms with E-state index in [0.717, 1.165) is 17.4 Å². The molecule has 1 aliphatic carbocycles. The lowest BCUT2D eigenvalue weighted by molar-refractivity contribution is -0.104. The normalized spacial score (nSPS) is 22.2. The monoisotopic (exact) mass is 256 g/mol. The van der Waals surface area contributed by atoms with Crippen molar-refractivity contribution in [1.82, 2.24) is 0 Å². The molecule has 0 saturated heterocycles. The lowest BCUT2D eigenvalue weighted by Crippen LogP contribution is -2.41. The van der Waals surface area contributed by atoms with Crippen molar-refractivity contribution in [3.8, 4) is 0 Å². The van der Waals surface area contributed by atoms with Gasteiger partial charge in [0.1, 0.15) is 6.29 Å². The van der Waals surface area contributed by atoms with Gasteiger partial charge in [-0.25, -0.2) is 0 Å². The maximum Gasteiger partial charge on any atom is 0.199 e. The van der Waals surface area contributed by atoms with Crippen LogP contribution in [-0.4, -0.2) is 24.8 Å². The molecule has 0 bridgehead atoms. The van der Waals surface area contributed by atoms with Crippen molar-refractivity contribution < 1.29 is 14.3 Å². The molecule has 0 aliphatic heterocycles. The van der Waals surface area contributed by atoms with Gasteiger partial charge in [0.05, 0.1) is 0 Å². The zero-order chi connectivity index (χ0) is 13.9. The van der Waals surface area contributed by atoms with E-state index in [4.69, 9.17) is 4.74 Å². The highest BCUT2D eigenvalue weighted by Crippen LogP contribution is 2.33. The zero-order valence-electron chi connectivity index (χ0n) is 11.1. The summed E-state index contributed by atoms with van der Waals surface area (Å²) in [6.07, 6.45) is 6.24. The van der Waals surface area contributed by atoms with E-state index in [1.54, 1.807) is 12.1 Å². The number of hydrogen-bond acceptors (Lipinski definition) is 3. The number of methoxy groups -OCH3 is 1. The summed E-state index contributed by atoms with van der Waals surface area (Å²) >= 11 is 0. The van der Waals surface area contributed by atoms with Crippen LogP contribution in [0.25, 0.3) is 6.08 Å². The number of Topliss-reactive ketones (excluding diaryl/α,β-unsaturated/α-hetero) is 1. The molecule has 0 heterocycles. The van der Waals surface area contributed by atoms with E-state index in [1.165, 1.54) is 13.2 Å². The van der Waals surface area contributed by atoms with Gasteiger partial charge >= 0.3 is 0 Å². The minimum atomic E-state index is -1.00. The zero-order valence-corrected chi connectivity index (χ0v) is 11.1. The Morgan fingerprint density at radius 1 is 1.37 bits per heavy atom. The topological polar surface area (TPSA) is 43.4 Å². The molecule has 0 radical (unpaired) electrons. The molecule has 1 atom stereocenters. The predicted octanol–water partition coefficient (Wildman–Crippen LogP) is 2.82. The van der Waals surface area contributed by atoms with Crippen LogP contribution in [0, 0.1) is 0 Å². The van der Waals surface area contributed by atoms with Gasteiger partial charge < -0.3 is 4.74 Å². The molecule has 0 saturated carbocycles. The molecule has 3 heteroatoms. The number of benzene rings is 1. The molecular weight excluding hydrogens is 240 g/mol. The smallest absolute Gasteiger partial charge is 0.199 e. The summed E-state index contributed by atoms with van der Waals surface area (Å²) in [5, 5.41) is 0. The molecule has 3 nitrogen and oxygen atoms in total. The number of fused-ring (bicyclic) bond motifs is 1. The second-order valence-electron chi connectivity index (χ2n) is 4.67. The van der Waals surface area contributed by atoms with Crippen LogP contribution < -0.4 is 0 Å². The second kappa shape index (κ2) is 5.33. The first-order valence-electron chi connectivity index (χ1n) is 6.12. The van der Waals surface area contributed by atoms with Crippen molar-refractivity contribution in [2.24, 2.45) is 0 Å². The second-order valence-corrected chi connectivity index (χ2v) is 4.67. The van der Waals surface area contributed by atoms with Crippen molar-refractivity contribution in [3.63, 3.8) is 0 Å². The van der Waals surface area contributed by atoms with Gasteiger partial charge in [0.25, 0.3) is 0 Å². The molecule has 98 valence electrons. The molecule has 0 amide bonds. The van der Waals surface area contributed by atoms with Crippen molar-refractivity contribution in [2.45, 2.75) is 18.9 Å². The van der Waals surface area contributed by atoms with Gasteiger partial charge in [-0.2, -0.15) is 0 Å². The van der Waals surface area contributed by atoms with Gasteiger partial charge in [0.2, 0.25) is 0 Å². The highest BCUT2D eigenvalue weighted by Gasteiger charge is 2.39. The number of ketones is 1. The van der Waals surface area contributed by atoms with E-state index in [0.29, 0.717) is 12.0 Å². The Morgan fingerprint density at radius 3 is 2.79 bits per heavy atom. The number of carbonyl (C=O) groups excluding carboxylic acids is 2. The fraction of sp³-hybridized carbons (Fsp3) is 0.250. The summed E-state index contributed by atoms with van der Waals surface area (Å²) in [5.41, 5.74) is 1.37. The standard InChI is InChI=1S/C16H16O3/c1-12(8-10-17)11-16(19-2)9-7-13-5-3-4-6-14(13)15(16)18/h3-10H,11H2,1-2H3/b12-8+. The van der Waals surface area contributed by atoms with Crippen LogP contribution in [0.3, 0.4) is 0 Å². The van der Waals surface area contributed by atoms with Gasteiger partial charge in [-0.15, -0.1) is 0 Å². The number of carbonyl (C=O) groups is 2. The van der Waals surface area contributed by atoms with E-state index < -0.39 is 5.60 Å². The van der Waals surface area contributed by atoms with Crippen molar-refractivity contribution >= 4 is 18.1 Å². The van der Waals surface area contributed by atoms with E-state index in [1.807, 2.05) is 31.2 Å². The first kappa shape index (κ1) is 13.4. The van der Waals surface area contributed by atoms with Crippen molar-refractivity contribution in [1.29, 1.82) is 0 Å². The number of allylic oxidation sites excluding steroid dienone is 1. The van der Waals surface area contributed by atoms with Crippen molar-refractivity contribution in [3.05, 3.63) is 53.1 Å². The Labute approximate surface area is 112 Å². The fourth-order valence-corrected chi connectivity index (χ4v) is 2.34. The van der Waals surface area contributed by atoms with Crippen LogP contribution in [0.2, 0.25) is 0 Å². The SMILES string of the molecule is COC1(C/C(C)=C/C=O)C=Cc2ccccc2C1=O. The van der Waals surface area contributed by atoms with Gasteiger partial charge in [-0.1, -0.05) is 35.9 Å². The summed E-state index contributed by atoms with van der Waals surface area (Å²) < 4.78 is 5.47. The van der Waals surface area contributed by atoms with Gasteiger partial charge in [-0.3, -0.25) is 9.59 Å². The molecule has 1 aromatic rings. The lowest BCUT2D eigenvalue weighted by atomic mass is 9.80. The minimum Gasteiger partial charge on any atom is -0.366 e. The number of ether oxygens (including phenoxy) is 1. The molecule has 2 rings (SSSR count). The van der Waals surface area contributed by atoms with Crippen molar-refractivity contribution in [2.75, 3.05) is 7.11 Å². The van der Waals surface area contributed by atoms with Crippen LogP contribution in [-0.2, 0) is 9.53 Å². The molecule has 0 spiro atoms. The summed E-state index contributed by atoms with van der Waals surface area (Å²) in [6.45, 7) is 1.82. The summed E-state index contributed by atoms with van der Waals surface area (Å²) in [6, 6.07) is 7.43. The molecule has 0 fully saturated rings. The predicted molar refractivity (Wildman–Crippen MR) is 74.0 cm³/mol. The van der Waals surface area contributed by atoms with Crippen LogP contribution >= 0.6 is 0 Å². The lowest BCUT2D eigenvalue weighted by Gasteiger charge is -2.31. The van der Waals surface area contributed by atoms with Gasteiger partial charge in [-0.05, 0) is 24.6 Å². The van der Waals surface area contributed by atoms with E-state index in [-0.39, 0.29) is 5.78 Å². The molecule has 19 heavy (non-hydrogen) atoms. The number of rotatable bonds is 4. The van der Waals surface area contributed by atoms with Crippen LogP contribution in [0.4, 0.5) is 0 Å². The first-order chi connectivity index (χ1) is 9.13. The molecule has 1 unspecified atom stereocenters. The largest absolute Gasteiger partial charge is 0.366 e. The third-order valence-corrected chi connectivity index (χ3v) is 3.38. The Balaban J connectivity index is 2.42. The molecule has 1 aromatic carbocycles. The average Bonchev–Trinajstić information content (AvgIpc) is 2.43. The maximum absolute atomic E-state index is 12.6. The van der Waals surface area contributed by atoms with Crippen LogP contribution in [0.5, 0.6) is 0 Å². The Bertz CT molecular complexity index is 569. The summed E-state index contributed by atoms with van der Waals surface area (Å²) in [4.78, 5) is 23.1. The average molecular weight is 256 g/mol. The molecular formula is C16H16O3. The maximum atomic E-state index is 12.6. The molecule has 0 aromatic heterocycles. The Kier molecular flexibility index (Phi) is 3.76. The van der Waals surface area contributed by atoms with E-state index in [2.05, 4.69) is 0 Å².